The summed E-state index contributed by atoms with van der Waals surface area (Å²) in [5, 5.41) is 0. The van der Waals surface area contributed by atoms with Crippen LogP contribution >= 0.6 is 22.6 Å². The molecule has 1 unspecified atom stereocenters. The molecule has 0 saturated carbocycles. The lowest BCUT2D eigenvalue weighted by Crippen LogP contribution is -2.32. The number of benzene rings is 1. The SMILES string of the molecule is CC(C)C1CCCN1Cc1ccc(N)c(I)c1. The maximum absolute atomic E-state index is 5.85. The van der Waals surface area contributed by atoms with Gasteiger partial charge in [0.25, 0.3) is 0 Å². The third kappa shape index (κ3) is 3.13. The topological polar surface area (TPSA) is 29.3 Å². The molecule has 1 aliphatic heterocycles. The van der Waals surface area contributed by atoms with Gasteiger partial charge in [0.15, 0.2) is 0 Å². The summed E-state index contributed by atoms with van der Waals surface area (Å²) in [6, 6.07) is 7.15. The molecule has 94 valence electrons. The summed E-state index contributed by atoms with van der Waals surface area (Å²) in [5.74, 6) is 0.755. The highest BCUT2D eigenvalue weighted by Crippen LogP contribution is 2.26. The second kappa shape index (κ2) is 5.57. The molecule has 2 rings (SSSR count). The van der Waals surface area contributed by atoms with Crippen LogP contribution in [0.5, 0.6) is 0 Å². The minimum atomic E-state index is 0.755. The van der Waals surface area contributed by atoms with Gasteiger partial charge in [-0.1, -0.05) is 19.9 Å². The van der Waals surface area contributed by atoms with E-state index in [9.17, 15) is 0 Å². The van der Waals surface area contributed by atoms with Crippen LogP contribution in [-0.2, 0) is 6.54 Å². The minimum Gasteiger partial charge on any atom is -0.398 e. The molecule has 1 aliphatic rings. The number of halogens is 1. The highest BCUT2D eigenvalue weighted by molar-refractivity contribution is 14.1. The fraction of sp³-hybridized carbons (Fsp3) is 0.571. The Morgan fingerprint density at radius 3 is 2.88 bits per heavy atom. The van der Waals surface area contributed by atoms with Gasteiger partial charge in [0, 0.05) is 21.8 Å². The standard InChI is InChI=1S/C14H21IN2/c1-10(2)14-4-3-7-17(14)9-11-5-6-13(16)12(15)8-11/h5-6,8,10,14H,3-4,7,9,16H2,1-2H3. The second-order valence-electron chi connectivity index (χ2n) is 5.28. The van der Waals surface area contributed by atoms with Crippen molar-refractivity contribution in [2.24, 2.45) is 5.92 Å². The van der Waals surface area contributed by atoms with Crippen molar-refractivity contribution in [2.45, 2.75) is 39.3 Å². The third-order valence-corrected chi connectivity index (χ3v) is 4.57. The highest BCUT2D eigenvalue weighted by atomic mass is 127. The van der Waals surface area contributed by atoms with Crippen LogP contribution in [0.4, 0.5) is 5.69 Å². The first-order valence-corrected chi connectivity index (χ1v) is 7.43. The van der Waals surface area contributed by atoms with Crippen LogP contribution in [0.25, 0.3) is 0 Å². The largest absolute Gasteiger partial charge is 0.398 e. The van der Waals surface area contributed by atoms with E-state index < -0.39 is 0 Å². The smallest absolute Gasteiger partial charge is 0.0449 e. The van der Waals surface area contributed by atoms with E-state index in [4.69, 9.17) is 5.73 Å². The molecule has 17 heavy (non-hydrogen) atoms. The predicted octanol–water partition coefficient (Wildman–Crippen LogP) is 3.49. The first kappa shape index (κ1) is 13.1. The normalized spacial score (nSPS) is 21.3. The second-order valence-corrected chi connectivity index (χ2v) is 6.44. The van der Waals surface area contributed by atoms with Crippen LogP contribution in [0.2, 0.25) is 0 Å². The summed E-state index contributed by atoms with van der Waals surface area (Å²) in [5.41, 5.74) is 8.12. The first-order chi connectivity index (χ1) is 8.08. The molecule has 0 spiro atoms. The summed E-state index contributed by atoms with van der Waals surface area (Å²) in [7, 11) is 0. The molecule has 1 atom stereocenters. The zero-order chi connectivity index (χ0) is 12.4. The van der Waals surface area contributed by atoms with E-state index in [1.807, 2.05) is 6.07 Å². The summed E-state index contributed by atoms with van der Waals surface area (Å²) in [4.78, 5) is 2.62. The van der Waals surface area contributed by atoms with Gasteiger partial charge < -0.3 is 5.73 Å². The van der Waals surface area contributed by atoms with Gasteiger partial charge in [0.1, 0.15) is 0 Å². The molecule has 3 heteroatoms. The van der Waals surface area contributed by atoms with Crippen molar-refractivity contribution in [3.8, 4) is 0 Å². The maximum Gasteiger partial charge on any atom is 0.0449 e. The van der Waals surface area contributed by atoms with Crippen LogP contribution in [0, 0.1) is 9.49 Å². The zero-order valence-electron chi connectivity index (χ0n) is 10.6. The van der Waals surface area contributed by atoms with Gasteiger partial charge in [-0.05, 0) is 65.6 Å². The van der Waals surface area contributed by atoms with Crippen LogP contribution in [0.3, 0.4) is 0 Å². The van der Waals surface area contributed by atoms with Crippen LogP contribution < -0.4 is 5.73 Å². The van der Waals surface area contributed by atoms with Crippen molar-refractivity contribution >= 4 is 28.3 Å². The zero-order valence-corrected chi connectivity index (χ0v) is 12.8. The van der Waals surface area contributed by atoms with E-state index in [1.165, 1.54) is 28.5 Å². The number of nitrogens with zero attached hydrogens (tertiary/aromatic N) is 1. The Morgan fingerprint density at radius 2 is 2.24 bits per heavy atom. The van der Waals surface area contributed by atoms with Crippen molar-refractivity contribution in [3.63, 3.8) is 0 Å². The molecule has 1 aromatic carbocycles. The molecule has 0 radical (unpaired) electrons. The van der Waals surface area contributed by atoms with Gasteiger partial charge in [-0.15, -0.1) is 0 Å². The van der Waals surface area contributed by atoms with Crippen LogP contribution in [-0.4, -0.2) is 17.5 Å². The minimum absolute atomic E-state index is 0.755. The fourth-order valence-corrected chi connectivity index (χ4v) is 3.29. The molecule has 1 saturated heterocycles. The Labute approximate surface area is 118 Å². The average molecular weight is 344 g/mol. The average Bonchev–Trinajstić information content (AvgIpc) is 2.72. The molecule has 0 amide bonds. The molecule has 2 N–H and O–H groups in total. The summed E-state index contributed by atoms with van der Waals surface area (Å²) >= 11 is 2.31. The monoisotopic (exact) mass is 344 g/mol. The van der Waals surface area contributed by atoms with E-state index in [1.54, 1.807) is 0 Å². The van der Waals surface area contributed by atoms with Gasteiger partial charge in [-0.3, -0.25) is 4.90 Å². The van der Waals surface area contributed by atoms with Gasteiger partial charge in [-0.25, -0.2) is 0 Å². The molecule has 0 aromatic heterocycles. The quantitative estimate of drug-likeness (QED) is 0.672. The van der Waals surface area contributed by atoms with Crippen molar-refractivity contribution in [1.82, 2.24) is 4.90 Å². The molecule has 0 bridgehead atoms. The number of hydrogen-bond acceptors (Lipinski definition) is 2. The van der Waals surface area contributed by atoms with Crippen molar-refractivity contribution in [3.05, 3.63) is 27.3 Å². The van der Waals surface area contributed by atoms with E-state index in [0.29, 0.717) is 0 Å². The number of likely N-dealkylation sites (tertiary alicyclic amines) is 1. The molecular formula is C14H21IN2. The Balaban J connectivity index is 2.07. The fourth-order valence-electron chi connectivity index (χ4n) is 2.71. The van der Waals surface area contributed by atoms with E-state index in [2.05, 4.69) is 53.5 Å². The predicted molar refractivity (Wildman–Crippen MR) is 81.8 cm³/mol. The highest BCUT2D eigenvalue weighted by Gasteiger charge is 2.26. The Bertz CT molecular complexity index is 390. The summed E-state index contributed by atoms with van der Waals surface area (Å²) in [6.07, 6.45) is 2.69. The Hall–Kier alpha value is -0.290. The third-order valence-electron chi connectivity index (χ3n) is 3.63. The van der Waals surface area contributed by atoms with Crippen molar-refractivity contribution < 1.29 is 0 Å². The molecule has 0 aliphatic carbocycles. The summed E-state index contributed by atoms with van der Waals surface area (Å²) in [6.45, 7) is 6.97. The van der Waals surface area contributed by atoms with E-state index in [0.717, 1.165) is 24.2 Å². The summed E-state index contributed by atoms with van der Waals surface area (Å²) < 4.78 is 1.17. The Morgan fingerprint density at radius 1 is 1.47 bits per heavy atom. The number of hydrogen-bond donors (Lipinski definition) is 1. The molecule has 1 aromatic rings. The van der Waals surface area contributed by atoms with Gasteiger partial charge in [0.2, 0.25) is 0 Å². The molecule has 1 fully saturated rings. The van der Waals surface area contributed by atoms with Crippen LogP contribution in [0.1, 0.15) is 32.3 Å². The van der Waals surface area contributed by atoms with E-state index >= 15 is 0 Å². The Kier molecular flexibility index (Phi) is 4.31. The van der Waals surface area contributed by atoms with Gasteiger partial charge in [0.05, 0.1) is 0 Å². The van der Waals surface area contributed by atoms with Gasteiger partial charge >= 0.3 is 0 Å². The first-order valence-electron chi connectivity index (χ1n) is 6.36. The van der Waals surface area contributed by atoms with E-state index in [-0.39, 0.29) is 0 Å². The molecule has 1 heterocycles. The lowest BCUT2D eigenvalue weighted by Gasteiger charge is -2.27. The number of nitrogen functional groups attached to an aromatic ring is 1. The van der Waals surface area contributed by atoms with Crippen molar-refractivity contribution in [2.75, 3.05) is 12.3 Å². The van der Waals surface area contributed by atoms with Gasteiger partial charge in [-0.2, -0.15) is 0 Å². The lowest BCUT2D eigenvalue weighted by molar-refractivity contribution is 0.199. The van der Waals surface area contributed by atoms with Crippen molar-refractivity contribution in [1.29, 1.82) is 0 Å². The maximum atomic E-state index is 5.85. The lowest BCUT2D eigenvalue weighted by atomic mass is 10.0. The molecule has 2 nitrogen and oxygen atoms in total. The number of anilines is 1. The molecular weight excluding hydrogens is 323 g/mol. The number of rotatable bonds is 3. The van der Waals surface area contributed by atoms with Crippen LogP contribution in [0.15, 0.2) is 18.2 Å². The number of nitrogens with two attached hydrogens (primary N) is 1.